The molecule has 1 aromatic carbocycles. The summed E-state index contributed by atoms with van der Waals surface area (Å²) in [6.45, 7) is 6.09. The first-order valence-corrected chi connectivity index (χ1v) is 8.27. The zero-order valence-electron chi connectivity index (χ0n) is 13.8. The number of piperidine rings is 1. The zero-order chi connectivity index (χ0) is 17.0. The molecular weight excluding hydrogens is 310 g/mol. The molecule has 2 unspecified atom stereocenters. The Balaban J connectivity index is 2.20. The third-order valence-electron chi connectivity index (χ3n) is 4.42. The van der Waals surface area contributed by atoms with Gasteiger partial charge in [-0.1, -0.05) is 17.7 Å². The summed E-state index contributed by atoms with van der Waals surface area (Å²) in [5.74, 6) is -0.400. The Kier molecular flexibility index (Phi) is 5.68. The van der Waals surface area contributed by atoms with E-state index in [0.717, 1.165) is 18.4 Å². The molecule has 2 atom stereocenters. The fourth-order valence-corrected chi connectivity index (χ4v) is 3.09. The molecule has 1 aliphatic heterocycles. The molecule has 0 aromatic heterocycles. The van der Waals surface area contributed by atoms with Gasteiger partial charge in [0.05, 0.1) is 0 Å². The lowest BCUT2D eigenvalue weighted by molar-refractivity contribution is -0.112. The number of halogens is 1. The van der Waals surface area contributed by atoms with Crippen LogP contribution in [0.2, 0.25) is 5.02 Å². The van der Waals surface area contributed by atoms with Crippen LogP contribution in [0.25, 0.3) is 0 Å². The lowest BCUT2D eigenvalue weighted by atomic mass is 9.98. The molecule has 1 aliphatic rings. The van der Waals surface area contributed by atoms with Gasteiger partial charge in [-0.2, -0.15) is 5.26 Å². The molecule has 1 heterocycles. The van der Waals surface area contributed by atoms with Gasteiger partial charge in [-0.25, -0.2) is 0 Å². The van der Waals surface area contributed by atoms with E-state index in [1.165, 1.54) is 6.42 Å². The normalized spacial score (nSPS) is 21.7. The van der Waals surface area contributed by atoms with Crippen molar-refractivity contribution in [2.75, 3.05) is 5.32 Å². The highest BCUT2D eigenvalue weighted by molar-refractivity contribution is 6.31. The Morgan fingerprint density at radius 3 is 2.65 bits per heavy atom. The molecule has 0 spiro atoms. The summed E-state index contributed by atoms with van der Waals surface area (Å²) in [6.07, 6.45) is 5.04. The van der Waals surface area contributed by atoms with Crippen LogP contribution in [0.1, 0.15) is 38.7 Å². The number of likely N-dealkylation sites (tertiary alicyclic amines) is 1. The average molecular weight is 332 g/mol. The molecule has 1 saturated heterocycles. The average Bonchev–Trinajstić information content (AvgIpc) is 2.51. The van der Waals surface area contributed by atoms with Crippen LogP contribution < -0.4 is 5.32 Å². The number of nitrogens with one attached hydrogen (secondary N) is 1. The minimum Gasteiger partial charge on any atom is -0.371 e. The van der Waals surface area contributed by atoms with Gasteiger partial charge in [0.1, 0.15) is 11.6 Å². The Morgan fingerprint density at radius 2 is 2.04 bits per heavy atom. The van der Waals surface area contributed by atoms with Gasteiger partial charge in [0.15, 0.2) is 0 Å². The number of benzene rings is 1. The van der Waals surface area contributed by atoms with E-state index >= 15 is 0 Å². The van der Waals surface area contributed by atoms with Crippen LogP contribution in [-0.2, 0) is 4.79 Å². The highest BCUT2D eigenvalue weighted by atomic mass is 35.5. The van der Waals surface area contributed by atoms with Gasteiger partial charge in [0.25, 0.3) is 5.91 Å². The van der Waals surface area contributed by atoms with Crippen molar-refractivity contribution in [2.45, 2.75) is 52.1 Å². The van der Waals surface area contributed by atoms with E-state index in [4.69, 9.17) is 11.6 Å². The number of hydrogen-bond acceptors (Lipinski definition) is 3. The van der Waals surface area contributed by atoms with Crippen LogP contribution >= 0.6 is 11.6 Å². The number of carbonyl (C=O) groups is 1. The summed E-state index contributed by atoms with van der Waals surface area (Å²) >= 11 is 6.07. The predicted molar refractivity (Wildman–Crippen MR) is 93.1 cm³/mol. The number of anilines is 1. The van der Waals surface area contributed by atoms with Crippen LogP contribution in [0.15, 0.2) is 30.0 Å². The van der Waals surface area contributed by atoms with E-state index in [1.807, 2.05) is 13.0 Å². The van der Waals surface area contributed by atoms with Gasteiger partial charge in [0.2, 0.25) is 0 Å². The minimum absolute atomic E-state index is 0.116. The number of hydrogen-bond donors (Lipinski definition) is 1. The van der Waals surface area contributed by atoms with Crippen molar-refractivity contribution in [3.8, 4) is 6.07 Å². The highest BCUT2D eigenvalue weighted by Gasteiger charge is 2.23. The van der Waals surface area contributed by atoms with Crippen LogP contribution in [-0.4, -0.2) is 22.9 Å². The second-order valence-electron chi connectivity index (χ2n) is 6.10. The molecule has 4 nitrogen and oxygen atoms in total. The minimum atomic E-state index is -0.400. The molecular formula is C18H22ClN3O. The summed E-state index contributed by atoms with van der Waals surface area (Å²) < 4.78 is 0. The van der Waals surface area contributed by atoms with E-state index in [1.54, 1.807) is 24.4 Å². The van der Waals surface area contributed by atoms with Crippen molar-refractivity contribution in [1.29, 1.82) is 5.26 Å². The molecule has 0 aliphatic carbocycles. The molecule has 0 saturated carbocycles. The maximum atomic E-state index is 12.4. The van der Waals surface area contributed by atoms with Gasteiger partial charge in [-0.05, 0) is 57.7 Å². The summed E-state index contributed by atoms with van der Waals surface area (Å²) in [7, 11) is 0. The first-order valence-electron chi connectivity index (χ1n) is 7.90. The Bertz CT molecular complexity index is 653. The lowest BCUT2D eigenvalue weighted by Gasteiger charge is -2.38. The number of amides is 1. The topological polar surface area (TPSA) is 56.1 Å². The van der Waals surface area contributed by atoms with Crippen molar-refractivity contribution < 1.29 is 4.79 Å². The highest BCUT2D eigenvalue weighted by Crippen LogP contribution is 2.25. The molecule has 5 heteroatoms. The largest absolute Gasteiger partial charge is 0.371 e. The van der Waals surface area contributed by atoms with Crippen molar-refractivity contribution in [3.05, 3.63) is 40.6 Å². The van der Waals surface area contributed by atoms with Gasteiger partial charge in [-0.15, -0.1) is 0 Å². The Morgan fingerprint density at radius 1 is 1.39 bits per heavy atom. The number of nitriles is 1. The smallest absolute Gasteiger partial charge is 0.267 e. The van der Waals surface area contributed by atoms with Gasteiger partial charge >= 0.3 is 0 Å². The molecule has 122 valence electrons. The molecule has 1 fully saturated rings. The molecule has 1 aromatic rings. The monoisotopic (exact) mass is 331 g/mol. The van der Waals surface area contributed by atoms with E-state index < -0.39 is 5.91 Å². The van der Waals surface area contributed by atoms with Gasteiger partial charge in [0, 0.05) is 29.0 Å². The second-order valence-corrected chi connectivity index (χ2v) is 6.50. The fourth-order valence-electron chi connectivity index (χ4n) is 2.92. The van der Waals surface area contributed by atoms with Crippen LogP contribution in [0, 0.1) is 18.3 Å². The van der Waals surface area contributed by atoms with Crippen LogP contribution in [0.3, 0.4) is 0 Å². The third-order valence-corrected chi connectivity index (χ3v) is 4.83. The molecule has 1 N–H and O–H groups in total. The predicted octanol–water partition coefficient (Wildman–Crippen LogP) is 4.26. The summed E-state index contributed by atoms with van der Waals surface area (Å²) in [4.78, 5) is 14.5. The maximum Gasteiger partial charge on any atom is 0.267 e. The lowest BCUT2D eigenvalue weighted by Crippen LogP contribution is -2.40. The van der Waals surface area contributed by atoms with Crippen LogP contribution in [0.4, 0.5) is 5.69 Å². The zero-order valence-corrected chi connectivity index (χ0v) is 14.5. The number of carbonyl (C=O) groups excluding carboxylic acids is 1. The Hall–Kier alpha value is -1.99. The van der Waals surface area contributed by atoms with Gasteiger partial charge < -0.3 is 10.2 Å². The van der Waals surface area contributed by atoms with Crippen LogP contribution in [0.5, 0.6) is 0 Å². The number of rotatable bonds is 3. The van der Waals surface area contributed by atoms with E-state index in [0.29, 0.717) is 22.8 Å². The maximum absolute atomic E-state index is 12.4. The first kappa shape index (κ1) is 17.4. The molecule has 0 radical (unpaired) electrons. The van der Waals surface area contributed by atoms with Crippen molar-refractivity contribution in [3.63, 3.8) is 0 Å². The summed E-state index contributed by atoms with van der Waals surface area (Å²) in [5.41, 5.74) is 1.54. The van der Waals surface area contributed by atoms with Gasteiger partial charge in [-0.3, -0.25) is 4.79 Å². The molecule has 0 bridgehead atoms. The molecule has 2 rings (SSSR count). The van der Waals surface area contributed by atoms with E-state index in [-0.39, 0.29) is 5.57 Å². The SMILES string of the molecule is Cc1c(Cl)cccc1NC(=O)/C(C#N)=C\N1C(C)CCCC1C. The Labute approximate surface area is 142 Å². The first-order chi connectivity index (χ1) is 10.9. The number of nitrogens with zero attached hydrogens (tertiary/aromatic N) is 2. The quantitative estimate of drug-likeness (QED) is 0.665. The van der Waals surface area contributed by atoms with Crippen molar-refractivity contribution >= 4 is 23.2 Å². The second kappa shape index (κ2) is 7.52. The van der Waals surface area contributed by atoms with E-state index in [9.17, 15) is 10.1 Å². The molecule has 1 amide bonds. The fraction of sp³-hybridized carbons (Fsp3) is 0.444. The summed E-state index contributed by atoms with van der Waals surface area (Å²) in [6, 6.07) is 8.01. The van der Waals surface area contributed by atoms with Crippen molar-refractivity contribution in [1.82, 2.24) is 4.90 Å². The summed E-state index contributed by atoms with van der Waals surface area (Å²) in [5, 5.41) is 12.7. The van der Waals surface area contributed by atoms with Crippen molar-refractivity contribution in [2.24, 2.45) is 0 Å². The molecule has 23 heavy (non-hydrogen) atoms. The third kappa shape index (κ3) is 4.05. The standard InChI is InChI=1S/C18H22ClN3O/c1-12-6-4-7-13(2)22(12)11-15(10-20)18(23)21-17-9-5-8-16(19)14(17)3/h5,8-9,11-13H,4,6-7H2,1-3H3,(H,21,23)/b15-11-. The van der Waals surface area contributed by atoms with E-state index in [2.05, 4.69) is 24.1 Å².